The van der Waals surface area contributed by atoms with E-state index in [1.54, 1.807) is 31.9 Å². The zero-order valence-corrected chi connectivity index (χ0v) is 19.8. The smallest absolute Gasteiger partial charge is 0.417 e. The van der Waals surface area contributed by atoms with Crippen LogP contribution in [0.15, 0.2) is 11.4 Å². The van der Waals surface area contributed by atoms with E-state index >= 15 is 0 Å². The van der Waals surface area contributed by atoms with E-state index in [4.69, 9.17) is 4.74 Å². The molecule has 32 heavy (non-hydrogen) atoms. The number of hydrogen-bond acceptors (Lipinski definition) is 7. The second kappa shape index (κ2) is 6.59. The topological polar surface area (TPSA) is 110 Å². The molecular weight excluding hydrogens is 432 g/mol. The first-order valence-corrected chi connectivity index (χ1v) is 12.5. The summed E-state index contributed by atoms with van der Waals surface area (Å²) >= 11 is 0. The first kappa shape index (κ1) is 21.5. The van der Waals surface area contributed by atoms with E-state index in [2.05, 4.69) is 16.9 Å². The maximum Gasteiger partial charge on any atom is 0.417 e. The number of anilines is 1. The normalized spacial score (nSPS) is 34.2. The molecule has 0 N–H and O–H groups in total. The summed E-state index contributed by atoms with van der Waals surface area (Å²) in [5, 5.41) is 0.171. The largest absolute Gasteiger partial charge is 0.443 e. The summed E-state index contributed by atoms with van der Waals surface area (Å²) in [4.78, 5) is 51.8. The first-order valence-electron chi connectivity index (χ1n) is 11.0. The fourth-order valence-electron chi connectivity index (χ4n) is 5.66. The molecule has 2 unspecified atom stereocenters. The highest BCUT2D eigenvalue weighted by atomic mass is 32.2. The first-order chi connectivity index (χ1) is 14.9. The van der Waals surface area contributed by atoms with Crippen LogP contribution in [0.4, 0.5) is 10.6 Å². The Morgan fingerprint density at radius 3 is 2.47 bits per heavy atom. The SMILES string of the molecule is C[C@@H]1C2CC1(N1C(=O)C3(CCN(C(=O)OC(C)(C)C)C3=O)Cc3cnc(S(C)=O)nc31)C2. The Balaban J connectivity index is 1.56. The average molecular weight is 461 g/mol. The van der Waals surface area contributed by atoms with Crippen molar-refractivity contribution in [3.05, 3.63) is 11.8 Å². The molecule has 3 heterocycles. The van der Waals surface area contributed by atoms with Gasteiger partial charge in [0.2, 0.25) is 17.0 Å². The summed E-state index contributed by atoms with van der Waals surface area (Å²) in [6, 6.07) is 0. The molecule has 1 aromatic rings. The summed E-state index contributed by atoms with van der Waals surface area (Å²) < 4.78 is 17.4. The molecule has 2 aliphatic heterocycles. The number of amides is 3. The van der Waals surface area contributed by atoms with Crippen LogP contribution in [0.5, 0.6) is 0 Å². The molecule has 0 radical (unpaired) electrons. The fourth-order valence-corrected chi connectivity index (χ4v) is 6.08. The van der Waals surface area contributed by atoms with Gasteiger partial charge in [-0.1, -0.05) is 6.92 Å². The van der Waals surface area contributed by atoms with E-state index in [0.29, 0.717) is 23.2 Å². The molecule has 3 atom stereocenters. The minimum Gasteiger partial charge on any atom is -0.443 e. The number of carbonyl (C=O) groups excluding carboxylic acids is 3. The van der Waals surface area contributed by atoms with Crippen LogP contribution in [0.2, 0.25) is 0 Å². The Morgan fingerprint density at radius 1 is 1.25 bits per heavy atom. The van der Waals surface area contributed by atoms with Crippen LogP contribution < -0.4 is 4.90 Å². The second-order valence-corrected chi connectivity index (χ2v) is 11.9. The van der Waals surface area contributed by atoms with Gasteiger partial charge in [-0.3, -0.25) is 18.7 Å². The zero-order chi connectivity index (χ0) is 23.2. The average Bonchev–Trinajstić information content (AvgIpc) is 2.99. The van der Waals surface area contributed by atoms with Gasteiger partial charge in [-0.15, -0.1) is 0 Å². The predicted molar refractivity (Wildman–Crippen MR) is 115 cm³/mol. The number of imide groups is 1. The van der Waals surface area contributed by atoms with Crippen LogP contribution in [-0.4, -0.2) is 60.9 Å². The Labute approximate surface area is 189 Å². The number of hydrogen-bond donors (Lipinski definition) is 0. The van der Waals surface area contributed by atoms with Crippen LogP contribution in [0, 0.1) is 17.3 Å². The van der Waals surface area contributed by atoms with Gasteiger partial charge in [0.05, 0.1) is 16.3 Å². The number of carbonyl (C=O) groups is 3. The number of ether oxygens (including phenoxy) is 1. The minimum atomic E-state index is -1.40. The van der Waals surface area contributed by atoms with Gasteiger partial charge in [-0.25, -0.2) is 19.7 Å². The number of rotatable bonds is 2. The summed E-state index contributed by atoms with van der Waals surface area (Å²) in [6.07, 6.45) is 4.45. The minimum absolute atomic E-state index is 0.125. The summed E-state index contributed by atoms with van der Waals surface area (Å²) in [5.41, 5.74) is -1.81. The molecule has 3 amide bonds. The summed E-state index contributed by atoms with van der Waals surface area (Å²) in [7, 11) is -1.40. The van der Waals surface area contributed by atoms with Crippen molar-refractivity contribution in [2.45, 2.75) is 69.7 Å². The van der Waals surface area contributed by atoms with Crippen molar-refractivity contribution in [2.75, 3.05) is 17.7 Å². The lowest BCUT2D eigenvalue weighted by atomic mass is 9.42. The number of aromatic nitrogens is 2. The number of nitrogens with zero attached hydrogens (tertiary/aromatic N) is 4. The molecule has 172 valence electrons. The number of fused-ring (bicyclic) bond motifs is 1. The molecule has 1 aromatic heterocycles. The molecular formula is C22H28N4O5S. The van der Waals surface area contributed by atoms with Crippen LogP contribution in [-0.2, 0) is 31.5 Å². The third-order valence-corrected chi connectivity index (χ3v) is 8.37. The van der Waals surface area contributed by atoms with Crippen LogP contribution in [0.3, 0.4) is 0 Å². The maximum atomic E-state index is 14.1. The monoisotopic (exact) mass is 460 g/mol. The van der Waals surface area contributed by atoms with Gasteiger partial charge in [0, 0.05) is 31.0 Å². The number of likely N-dealkylation sites (tertiary alicyclic amines) is 1. The standard InChI is InChI=1S/C22H28N4O5S/c1-12-13-9-22(12,10-13)26-15-14(11-23-18(24-15)32(5)30)8-21(17(26)28)6-7-25(16(21)27)19(29)31-20(2,3)4/h11-13H,6-10H2,1-5H3/t12-,13?,21?,22?,32?/m1/s1. The van der Waals surface area contributed by atoms with Gasteiger partial charge in [-0.05, 0) is 51.9 Å². The molecule has 3 saturated carbocycles. The van der Waals surface area contributed by atoms with Crippen molar-refractivity contribution in [3.8, 4) is 0 Å². The van der Waals surface area contributed by atoms with E-state index < -0.39 is 33.8 Å². The van der Waals surface area contributed by atoms with E-state index in [1.165, 1.54) is 6.26 Å². The fraction of sp³-hybridized carbons (Fsp3) is 0.682. The van der Waals surface area contributed by atoms with Crippen molar-refractivity contribution in [2.24, 2.45) is 17.3 Å². The summed E-state index contributed by atoms with van der Waals surface area (Å²) in [5.74, 6) is 0.517. The van der Waals surface area contributed by atoms with E-state index in [-0.39, 0.29) is 36.0 Å². The molecule has 6 rings (SSSR count). The molecule has 1 saturated heterocycles. The Morgan fingerprint density at radius 2 is 1.94 bits per heavy atom. The highest BCUT2D eigenvalue weighted by Crippen LogP contribution is 2.67. The lowest BCUT2D eigenvalue weighted by Gasteiger charge is -2.71. The molecule has 0 aromatic carbocycles. The highest BCUT2D eigenvalue weighted by Gasteiger charge is 2.71. The maximum absolute atomic E-state index is 14.1. The van der Waals surface area contributed by atoms with Gasteiger partial charge in [0.1, 0.15) is 16.8 Å². The molecule has 5 aliphatic rings. The van der Waals surface area contributed by atoms with Gasteiger partial charge in [0.25, 0.3) is 0 Å². The molecule has 9 nitrogen and oxygen atoms in total. The predicted octanol–water partition coefficient (Wildman–Crippen LogP) is 2.06. The van der Waals surface area contributed by atoms with Crippen molar-refractivity contribution in [1.82, 2.24) is 14.9 Å². The van der Waals surface area contributed by atoms with Crippen molar-refractivity contribution in [3.63, 3.8) is 0 Å². The molecule has 1 spiro atoms. The lowest BCUT2D eigenvalue weighted by molar-refractivity contribution is -0.153. The Hall–Kier alpha value is -2.36. The van der Waals surface area contributed by atoms with Crippen molar-refractivity contribution in [1.29, 1.82) is 0 Å². The van der Waals surface area contributed by atoms with Gasteiger partial charge in [0.15, 0.2) is 0 Å². The third kappa shape index (κ3) is 2.74. The van der Waals surface area contributed by atoms with Crippen molar-refractivity contribution < 1.29 is 23.3 Å². The van der Waals surface area contributed by atoms with Crippen LogP contribution in [0.1, 0.15) is 52.5 Å². The van der Waals surface area contributed by atoms with Crippen LogP contribution in [0.25, 0.3) is 0 Å². The van der Waals surface area contributed by atoms with Gasteiger partial charge < -0.3 is 4.74 Å². The van der Waals surface area contributed by atoms with Gasteiger partial charge in [-0.2, -0.15) is 0 Å². The Kier molecular flexibility index (Phi) is 4.42. The third-order valence-electron chi connectivity index (χ3n) is 7.66. The molecule has 10 heteroatoms. The second-order valence-electron chi connectivity index (χ2n) is 10.6. The van der Waals surface area contributed by atoms with E-state index in [1.807, 2.05) is 0 Å². The molecule has 4 fully saturated rings. The highest BCUT2D eigenvalue weighted by molar-refractivity contribution is 7.84. The van der Waals surface area contributed by atoms with Crippen molar-refractivity contribution >= 4 is 34.5 Å². The Bertz CT molecular complexity index is 1080. The van der Waals surface area contributed by atoms with Gasteiger partial charge >= 0.3 is 6.09 Å². The quantitative estimate of drug-likeness (QED) is 0.491. The molecule has 3 aliphatic carbocycles. The van der Waals surface area contributed by atoms with Crippen LogP contribution >= 0.6 is 0 Å². The lowest BCUT2D eigenvalue weighted by Crippen LogP contribution is -2.78. The zero-order valence-electron chi connectivity index (χ0n) is 19.0. The summed E-state index contributed by atoms with van der Waals surface area (Å²) in [6.45, 7) is 7.46. The molecule has 2 bridgehead atoms. The van der Waals surface area contributed by atoms with E-state index in [9.17, 15) is 18.6 Å². The van der Waals surface area contributed by atoms with E-state index in [0.717, 1.165) is 17.7 Å².